The molecule has 0 unspecified atom stereocenters. The Morgan fingerprint density at radius 3 is 2.61 bits per heavy atom. The van der Waals surface area contributed by atoms with Crippen LogP contribution in [0.15, 0.2) is 30.6 Å². The van der Waals surface area contributed by atoms with Crippen LogP contribution in [0.3, 0.4) is 0 Å². The first kappa shape index (κ1) is 11.5. The van der Waals surface area contributed by atoms with Gasteiger partial charge in [0, 0.05) is 12.4 Å². The first-order valence-electron chi connectivity index (χ1n) is 6.09. The van der Waals surface area contributed by atoms with Crippen LogP contribution in [0.4, 0.5) is 0 Å². The highest BCUT2D eigenvalue weighted by atomic mass is 35.5. The molecule has 2 aromatic rings. The van der Waals surface area contributed by atoms with Crippen molar-refractivity contribution in [2.45, 2.75) is 25.7 Å². The molecule has 3 rings (SSSR count). The van der Waals surface area contributed by atoms with Gasteiger partial charge in [0.1, 0.15) is 5.75 Å². The fourth-order valence-electron chi connectivity index (χ4n) is 2.26. The third-order valence-electron chi connectivity index (χ3n) is 3.16. The van der Waals surface area contributed by atoms with Crippen molar-refractivity contribution in [3.8, 4) is 11.6 Å². The van der Waals surface area contributed by atoms with Crippen molar-refractivity contribution in [2.75, 3.05) is 0 Å². The Morgan fingerprint density at radius 2 is 1.78 bits per heavy atom. The molecular weight excluding hydrogens is 248 g/mol. The molecule has 1 aromatic heterocycles. The van der Waals surface area contributed by atoms with E-state index in [-0.39, 0.29) is 5.15 Å². The molecule has 4 heteroatoms. The van der Waals surface area contributed by atoms with Gasteiger partial charge in [-0.3, -0.25) is 0 Å². The van der Waals surface area contributed by atoms with Gasteiger partial charge in [0.15, 0.2) is 5.15 Å². The number of hydrogen-bond acceptors (Lipinski definition) is 3. The van der Waals surface area contributed by atoms with Gasteiger partial charge in [-0.05, 0) is 48.9 Å². The number of aromatic nitrogens is 2. The normalized spacial score (nSPS) is 14.1. The molecule has 92 valence electrons. The van der Waals surface area contributed by atoms with Crippen LogP contribution in [0.25, 0.3) is 0 Å². The quantitative estimate of drug-likeness (QED) is 0.824. The van der Waals surface area contributed by atoms with E-state index in [1.165, 1.54) is 30.4 Å². The molecule has 0 radical (unpaired) electrons. The molecule has 0 atom stereocenters. The predicted molar refractivity (Wildman–Crippen MR) is 70.2 cm³/mol. The Bertz CT molecular complexity index is 571. The lowest BCUT2D eigenvalue weighted by Crippen LogP contribution is -2.02. The average Bonchev–Trinajstić information content (AvgIpc) is 2.41. The summed E-state index contributed by atoms with van der Waals surface area (Å²) in [6, 6.07) is 6.18. The summed E-state index contributed by atoms with van der Waals surface area (Å²) >= 11 is 5.92. The second-order valence-electron chi connectivity index (χ2n) is 4.39. The predicted octanol–water partition coefficient (Wildman–Crippen LogP) is 3.80. The highest BCUT2D eigenvalue weighted by Gasteiger charge is 2.11. The van der Waals surface area contributed by atoms with Crippen LogP contribution in [0.5, 0.6) is 11.6 Å². The molecule has 0 amide bonds. The Hall–Kier alpha value is -1.61. The van der Waals surface area contributed by atoms with Crippen molar-refractivity contribution in [2.24, 2.45) is 0 Å². The molecule has 0 spiro atoms. The molecule has 0 saturated carbocycles. The van der Waals surface area contributed by atoms with Gasteiger partial charge in [-0.15, -0.1) is 0 Å². The summed E-state index contributed by atoms with van der Waals surface area (Å²) in [6.07, 6.45) is 7.94. The third kappa shape index (κ3) is 2.31. The summed E-state index contributed by atoms with van der Waals surface area (Å²) in [7, 11) is 0. The summed E-state index contributed by atoms with van der Waals surface area (Å²) in [4.78, 5) is 8.01. The largest absolute Gasteiger partial charge is 0.436 e. The number of halogens is 1. The van der Waals surface area contributed by atoms with Crippen molar-refractivity contribution in [1.29, 1.82) is 0 Å². The highest BCUT2D eigenvalue weighted by Crippen LogP contribution is 2.29. The maximum atomic E-state index is 5.92. The molecule has 0 aliphatic heterocycles. The van der Waals surface area contributed by atoms with Crippen LogP contribution >= 0.6 is 11.6 Å². The van der Waals surface area contributed by atoms with E-state index < -0.39 is 0 Å². The van der Waals surface area contributed by atoms with E-state index in [2.05, 4.69) is 22.1 Å². The number of nitrogens with zero attached hydrogens (tertiary/aromatic N) is 2. The van der Waals surface area contributed by atoms with Gasteiger partial charge in [0.2, 0.25) is 0 Å². The van der Waals surface area contributed by atoms with Crippen molar-refractivity contribution in [1.82, 2.24) is 9.97 Å². The molecule has 1 aliphatic rings. The average molecular weight is 261 g/mol. The maximum absolute atomic E-state index is 5.92. The van der Waals surface area contributed by atoms with E-state index in [4.69, 9.17) is 16.3 Å². The lowest BCUT2D eigenvalue weighted by Gasteiger charge is -2.16. The molecule has 0 bridgehead atoms. The topological polar surface area (TPSA) is 35.0 Å². The van der Waals surface area contributed by atoms with Gasteiger partial charge in [-0.1, -0.05) is 17.7 Å². The summed E-state index contributed by atoms with van der Waals surface area (Å²) in [5, 5.41) is 0.287. The summed E-state index contributed by atoms with van der Waals surface area (Å²) < 4.78 is 5.67. The Labute approximate surface area is 111 Å². The van der Waals surface area contributed by atoms with Gasteiger partial charge in [0.25, 0.3) is 5.88 Å². The van der Waals surface area contributed by atoms with Crippen LogP contribution in [0, 0.1) is 0 Å². The molecular formula is C14H13ClN2O. The number of ether oxygens (including phenoxy) is 1. The maximum Gasteiger partial charge on any atom is 0.257 e. The van der Waals surface area contributed by atoms with E-state index in [0.29, 0.717) is 5.88 Å². The molecule has 1 aromatic carbocycles. The van der Waals surface area contributed by atoms with Crippen molar-refractivity contribution < 1.29 is 4.74 Å². The number of fused-ring (bicyclic) bond motifs is 1. The zero-order valence-electron chi connectivity index (χ0n) is 9.90. The van der Waals surface area contributed by atoms with Crippen LogP contribution < -0.4 is 4.74 Å². The lowest BCUT2D eigenvalue weighted by atomic mass is 9.92. The lowest BCUT2D eigenvalue weighted by molar-refractivity contribution is 0.459. The second kappa shape index (κ2) is 4.94. The smallest absolute Gasteiger partial charge is 0.257 e. The van der Waals surface area contributed by atoms with E-state index in [1.807, 2.05) is 6.07 Å². The minimum Gasteiger partial charge on any atom is -0.436 e. The number of benzene rings is 1. The first-order chi connectivity index (χ1) is 8.83. The zero-order valence-corrected chi connectivity index (χ0v) is 10.7. The van der Waals surface area contributed by atoms with E-state index >= 15 is 0 Å². The Morgan fingerprint density at radius 1 is 1.00 bits per heavy atom. The van der Waals surface area contributed by atoms with Crippen LogP contribution in [0.1, 0.15) is 24.0 Å². The Kier molecular flexibility index (Phi) is 3.15. The number of hydrogen-bond donors (Lipinski definition) is 0. The monoisotopic (exact) mass is 260 g/mol. The fourth-order valence-corrected chi connectivity index (χ4v) is 2.41. The second-order valence-corrected chi connectivity index (χ2v) is 4.75. The molecule has 0 saturated heterocycles. The van der Waals surface area contributed by atoms with Crippen molar-refractivity contribution in [3.63, 3.8) is 0 Å². The standard InChI is InChI=1S/C14H13ClN2O/c15-13-14(17-8-7-16-13)18-12-6-5-10-3-1-2-4-11(10)9-12/h5-9H,1-4H2. The van der Waals surface area contributed by atoms with Gasteiger partial charge < -0.3 is 4.74 Å². The summed E-state index contributed by atoms with van der Waals surface area (Å²) in [5.74, 6) is 1.13. The fraction of sp³-hybridized carbons (Fsp3) is 0.286. The third-order valence-corrected chi connectivity index (χ3v) is 3.42. The van der Waals surface area contributed by atoms with Crippen LogP contribution in [-0.4, -0.2) is 9.97 Å². The number of aryl methyl sites for hydroxylation is 2. The molecule has 0 fully saturated rings. The van der Waals surface area contributed by atoms with Gasteiger partial charge in [-0.25, -0.2) is 9.97 Å². The SMILES string of the molecule is Clc1nccnc1Oc1ccc2c(c1)CCCC2. The van der Waals surface area contributed by atoms with Crippen molar-refractivity contribution in [3.05, 3.63) is 46.9 Å². The van der Waals surface area contributed by atoms with Crippen LogP contribution in [0.2, 0.25) is 5.15 Å². The first-order valence-corrected chi connectivity index (χ1v) is 6.47. The van der Waals surface area contributed by atoms with Gasteiger partial charge >= 0.3 is 0 Å². The molecule has 1 aliphatic carbocycles. The van der Waals surface area contributed by atoms with Gasteiger partial charge in [-0.2, -0.15) is 0 Å². The van der Waals surface area contributed by atoms with Crippen molar-refractivity contribution >= 4 is 11.6 Å². The Balaban J connectivity index is 1.87. The minimum atomic E-state index is 0.287. The molecule has 1 heterocycles. The van der Waals surface area contributed by atoms with E-state index in [9.17, 15) is 0 Å². The number of rotatable bonds is 2. The minimum absolute atomic E-state index is 0.287. The summed E-state index contributed by atoms with van der Waals surface area (Å²) in [5.41, 5.74) is 2.80. The highest BCUT2D eigenvalue weighted by molar-refractivity contribution is 6.30. The van der Waals surface area contributed by atoms with E-state index in [1.54, 1.807) is 12.4 Å². The molecule has 0 N–H and O–H groups in total. The summed E-state index contributed by atoms with van der Waals surface area (Å²) in [6.45, 7) is 0. The zero-order chi connectivity index (χ0) is 12.4. The molecule has 18 heavy (non-hydrogen) atoms. The van der Waals surface area contributed by atoms with E-state index in [0.717, 1.165) is 12.2 Å². The molecule has 3 nitrogen and oxygen atoms in total. The van der Waals surface area contributed by atoms with Gasteiger partial charge in [0.05, 0.1) is 0 Å². The van der Waals surface area contributed by atoms with Crippen LogP contribution in [-0.2, 0) is 12.8 Å².